The van der Waals surface area contributed by atoms with E-state index < -0.39 is 8.32 Å². The number of carbonyl (C=O) groups is 1. The van der Waals surface area contributed by atoms with Crippen LogP contribution in [0.3, 0.4) is 0 Å². The predicted molar refractivity (Wildman–Crippen MR) is 147 cm³/mol. The molecule has 2 aliphatic rings. The van der Waals surface area contributed by atoms with Gasteiger partial charge in [0, 0.05) is 50.0 Å². The Kier molecular flexibility index (Phi) is 9.55. The van der Waals surface area contributed by atoms with E-state index >= 15 is 0 Å². The number of aliphatic hydroxyl groups excluding tert-OH is 1. The summed E-state index contributed by atoms with van der Waals surface area (Å²) < 4.78 is 8.40. The highest BCUT2D eigenvalue weighted by atomic mass is 28.4. The van der Waals surface area contributed by atoms with Gasteiger partial charge in [-0.1, -0.05) is 37.1 Å². The van der Waals surface area contributed by atoms with Crippen LogP contribution in [0, 0.1) is 5.92 Å². The second kappa shape index (κ2) is 12.6. The van der Waals surface area contributed by atoms with Crippen LogP contribution in [0.1, 0.15) is 63.1 Å². The minimum absolute atomic E-state index is 0.00216. The third-order valence-electron chi connectivity index (χ3n) is 8.10. The topological polar surface area (TPSA) is 101 Å². The molecule has 204 valence electrons. The first kappa shape index (κ1) is 27.9. The molecule has 2 N–H and O–H groups in total. The largest absolute Gasteiger partial charge is 0.432 e. The third-order valence-corrected chi connectivity index (χ3v) is 10.6. The van der Waals surface area contributed by atoms with Gasteiger partial charge in [0.2, 0.25) is 5.91 Å². The van der Waals surface area contributed by atoms with Gasteiger partial charge in [-0.3, -0.25) is 9.48 Å². The molecular formula is C28H44N4O4Si. The lowest BCUT2D eigenvalue weighted by Gasteiger charge is -2.30. The number of anilines is 1. The van der Waals surface area contributed by atoms with Gasteiger partial charge >= 0.3 is 0 Å². The van der Waals surface area contributed by atoms with Gasteiger partial charge in [0.05, 0.1) is 17.9 Å². The molecule has 0 aliphatic carbocycles. The number of aliphatic hydroxyl groups is 1. The second-order valence-electron chi connectivity index (χ2n) is 11.4. The van der Waals surface area contributed by atoms with Crippen LogP contribution in [0.4, 0.5) is 5.69 Å². The van der Waals surface area contributed by atoms with Gasteiger partial charge in [-0.2, -0.15) is 0 Å². The van der Waals surface area contributed by atoms with Crippen LogP contribution in [0.15, 0.2) is 30.5 Å². The lowest BCUT2D eigenvalue weighted by molar-refractivity contribution is -0.118. The Bertz CT molecular complexity index is 1010. The average molecular weight is 529 g/mol. The van der Waals surface area contributed by atoms with Crippen molar-refractivity contribution in [2.45, 2.75) is 102 Å². The number of amides is 1. The quantitative estimate of drug-likeness (QED) is 0.450. The first-order valence-corrected chi connectivity index (χ1v) is 17.1. The van der Waals surface area contributed by atoms with Crippen molar-refractivity contribution in [3.8, 4) is 0 Å². The van der Waals surface area contributed by atoms with Crippen LogP contribution in [0.5, 0.6) is 0 Å². The molecule has 1 amide bonds. The average Bonchev–Trinajstić information content (AvgIpc) is 3.43. The Labute approximate surface area is 222 Å². The maximum atomic E-state index is 12.6. The molecule has 37 heavy (non-hydrogen) atoms. The summed E-state index contributed by atoms with van der Waals surface area (Å²) in [6.45, 7) is 7.83. The van der Waals surface area contributed by atoms with Crippen LogP contribution in [-0.2, 0) is 28.9 Å². The second-order valence-corrected chi connectivity index (χ2v) is 15.4. The maximum absolute atomic E-state index is 12.6. The van der Waals surface area contributed by atoms with Gasteiger partial charge in [-0.25, -0.2) is 0 Å². The van der Waals surface area contributed by atoms with Crippen LogP contribution in [0.25, 0.3) is 0 Å². The molecule has 1 aromatic carbocycles. The molecule has 3 heterocycles. The summed E-state index contributed by atoms with van der Waals surface area (Å²) in [5, 5.41) is 17.4. The van der Waals surface area contributed by atoms with Crippen molar-refractivity contribution >= 4 is 19.9 Å². The van der Waals surface area contributed by atoms with E-state index in [1.54, 1.807) is 0 Å². The molecular weight excluding hydrogens is 484 g/mol. The normalized spacial score (nSPS) is 25.3. The number of ether oxygens (including phenoxy) is 1. The molecule has 2 aliphatic heterocycles. The van der Waals surface area contributed by atoms with Gasteiger partial charge in [0.15, 0.2) is 8.32 Å². The van der Waals surface area contributed by atoms with E-state index in [0.29, 0.717) is 19.4 Å². The van der Waals surface area contributed by atoms with Crippen molar-refractivity contribution in [3.63, 3.8) is 0 Å². The first-order valence-electron chi connectivity index (χ1n) is 14.0. The zero-order valence-corrected chi connectivity index (χ0v) is 23.7. The fourth-order valence-electron chi connectivity index (χ4n) is 6.20. The van der Waals surface area contributed by atoms with Crippen molar-refractivity contribution in [1.82, 2.24) is 15.0 Å². The van der Waals surface area contributed by atoms with Gasteiger partial charge in [-0.05, 0) is 68.8 Å². The lowest BCUT2D eigenvalue weighted by atomic mass is 9.95. The minimum atomic E-state index is -2.43. The molecule has 0 unspecified atom stereocenters. The highest BCUT2D eigenvalue weighted by Crippen LogP contribution is 2.45. The molecule has 0 spiro atoms. The molecule has 4 atom stereocenters. The number of hydrogen-bond acceptors (Lipinski definition) is 6. The van der Waals surface area contributed by atoms with Gasteiger partial charge in [0.25, 0.3) is 0 Å². The van der Waals surface area contributed by atoms with Crippen molar-refractivity contribution in [2.24, 2.45) is 5.92 Å². The molecule has 0 radical (unpaired) electrons. The summed E-state index contributed by atoms with van der Waals surface area (Å²) in [7, 11) is -2.43. The van der Waals surface area contributed by atoms with Crippen LogP contribution in [-0.4, -0.2) is 64.5 Å². The number of aryl methyl sites for hydroxylation is 2. The molecule has 8 nitrogen and oxygen atoms in total. The number of aromatic nitrogens is 3. The fourth-order valence-corrected chi connectivity index (χ4v) is 8.86. The zero-order chi connectivity index (χ0) is 26.4. The molecule has 2 saturated heterocycles. The number of carbonyl (C=O) groups excluding carboxylic acids is 1. The van der Waals surface area contributed by atoms with Gasteiger partial charge in [0.1, 0.15) is 0 Å². The maximum Gasteiger partial charge on any atom is 0.226 e. The molecule has 4 rings (SSSR count). The van der Waals surface area contributed by atoms with E-state index in [-0.39, 0.29) is 36.2 Å². The van der Waals surface area contributed by atoms with Crippen LogP contribution < -0.4 is 4.90 Å². The van der Waals surface area contributed by atoms with E-state index in [2.05, 4.69) is 41.5 Å². The van der Waals surface area contributed by atoms with Crippen molar-refractivity contribution in [2.75, 3.05) is 18.1 Å². The van der Waals surface area contributed by atoms with E-state index in [9.17, 15) is 9.59 Å². The lowest BCUT2D eigenvalue weighted by Crippen LogP contribution is -2.40. The fraction of sp³-hybridized carbons (Fsp3) is 0.679. The standard InChI is InChI=1S/C28H44N4O4Si/c1-21-25(14-11-22-9-12-24(13-10-22)32-17-7-5-4-6-8-27(32)34)36-26(28(21)37(2,3)35)15-18-31-20-23(16-19-33)29-30-31/h9-10,12-13,20-21,25-26,28,33,35H,4-8,11,14-19H2,1-3H3/t21-,25+,26-,28+/m1/s1. The monoisotopic (exact) mass is 528 g/mol. The zero-order valence-electron chi connectivity index (χ0n) is 22.7. The summed E-state index contributed by atoms with van der Waals surface area (Å²) in [5.41, 5.74) is 3.21. The Balaban J connectivity index is 1.35. The summed E-state index contributed by atoms with van der Waals surface area (Å²) in [6, 6.07) is 8.48. The number of nitrogens with zero attached hydrogens (tertiary/aromatic N) is 4. The first-order chi connectivity index (χ1) is 17.8. The van der Waals surface area contributed by atoms with E-state index in [0.717, 1.165) is 56.5 Å². The Morgan fingerprint density at radius 1 is 1.05 bits per heavy atom. The molecule has 0 bridgehead atoms. The van der Waals surface area contributed by atoms with Crippen molar-refractivity contribution in [1.29, 1.82) is 0 Å². The molecule has 2 aromatic rings. The van der Waals surface area contributed by atoms with Crippen LogP contribution in [0.2, 0.25) is 18.6 Å². The summed E-state index contributed by atoms with van der Waals surface area (Å²) in [4.78, 5) is 25.6. The Hall–Kier alpha value is -2.07. The summed E-state index contributed by atoms with van der Waals surface area (Å²) in [5.74, 6) is 0.527. The van der Waals surface area contributed by atoms with E-state index in [4.69, 9.17) is 9.84 Å². The molecule has 1 aromatic heterocycles. The highest BCUT2D eigenvalue weighted by molar-refractivity contribution is 6.71. The molecule has 0 saturated carbocycles. The smallest absolute Gasteiger partial charge is 0.226 e. The Morgan fingerprint density at radius 2 is 1.81 bits per heavy atom. The Morgan fingerprint density at radius 3 is 2.54 bits per heavy atom. The number of benzene rings is 1. The van der Waals surface area contributed by atoms with Crippen molar-refractivity contribution < 1.29 is 19.4 Å². The summed E-state index contributed by atoms with van der Waals surface area (Å²) >= 11 is 0. The summed E-state index contributed by atoms with van der Waals surface area (Å²) in [6.07, 6.45) is 10.1. The van der Waals surface area contributed by atoms with E-state index in [1.165, 1.54) is 12.0 Å². The van der Waals surface area contributed by atoms with Gasteiger partial charge in [-0.15, -0.1) is 5.10 Å². The van der Waals surface area contributed by atoms with Crippen LogP contribution >= 0.6 is 0 Å². The number of rotatable bonds is 10. The van der Waals surface area contributed by atoms with Gasteiger partial charge < -0.3 is 19.5 Å². The molecule has 2 fully saturated rings. The number of hydrogen-bond donors (Lipinski definition) is 2. The highest BCUT2D eigenvalue weighted by Gasteiger charge is 2.49. The van der Waals surface area contributed by atoms with E-state index in [1.807, 2.05) is 28.9 Å². The van der Waals surface area contributed by atoms with Crippen molar-refractivity contribution in [3.05, 3.63) is 41.7 Å². The SMILES string of the molecule is C[C@H]1[C@H]([Si](C)(C)O)[C@@H](CCn2cc(CCO)nn2)O[C@H]1CCc1ccc(N2CCCCCCC2=O)cc1. The minimum Gasteiger partial charge on any atom is -0.432 e. The third kappa shape index (κ3) is 7.28. The predicted octanol–water partition coefficient (Wildman–Crippen LogP) is 4.10. The molecule has 9 heteroatoms.